The van der Waals surface area contributed by atoms with Crippen LogP contribution in [0.3, 0.4) is 0 Å². The minimum absolute atomic E-state index is 0.576. The second-order valence-corrected chi connectivity index (χ2v) is 4.55. The fourth-order valence-corrected chi connectivity index (χ4v) is 2.25. The average molecular weight is 217 g/mol. The van der Waals surface area contributed by atoms with Crippen LogP contribution in [0.1, 0.15) is 33.1 Å². The molecule has 3 heteroatoms. The highest BCUT2D eigenvalue weighted by atomic mass is 15.1. The van der Waals surface area contributed by atoms with Crippen molar-refractivity contribution in [3.05, 3.63) is 23.7 Å². The predicted molar refractivity (Wildman–Crippen MR) is 68.5 cm³/mol. The minimum atomic E-state index is 0.576. The van der Waals surface area contributed by atoms with Gasteiger partial charge in [0, 0.05) is 17.5 Å². The summed E-state index contributed by atoms with van der Waals surface area (Å²) in [6.07, 6.45) is 7.09. The van der Waals surface area contributed by atoms with Gasteiger partial charge in [-0.25, -0.2) is 9.98 Å². The Balaban J connectivity index is 2.30. The van der Waals surface area contributed by atoms with Gasteiger partial charge in [-0.2, -0.15) is 0 Å². The highest BCUT2D eigenvalue weighted by molar-refractivity contribution is 5.68. The highest BCUT2D eigenvalue weighted by Gasteiger charge is 2.20. The number of nitrogens with one attached hydrogen (secondary N) is 1. The van der Waals surface area contributed by atoms with E-state index >= 15 is 0 Å². The topological polar surface area (TPSA) is 36.8 Å². The second-order valence-electron chi connectivity index (χ2n) is 4.55. The third kappa shape index (κ3) is 2.08. The minimum Gasteiger partial charge on any atom is -0.346 e. The van der Waals surface area contributed by atoms with Crippen LogP contribution in [-0.4, -0.2) is 12.6 Å². The van der Waals surface area contributed by atoms with E-state index in [1.807, 2.05) is 0 Å². The summed E-state index contributed by atoms with van der Waals surface area (Å²) in [6.45, 7) is 8.52. The Bertz CT molecular complexity index is 377. The zero-order valence-electron chi connectivity index (χ0n) is 10.0. The van der Waals surface area contributed by atoms with E-state index in [4.69, 9.17) is 0 Å². The van der Waals surface area contributed by atoms with Crippen LogP contribution in [0.25, 0.3) is 0 Å². The molecule has 86 valence electrons. The number of aliphatic imine (C=N–C) groups is 2. The standard InChI is InChI=1S/C13H19N3/c1-4-11-7-14-13-12(6-5-9(11)2)10(3)15-8-16-13/h7-9,11H,3-6H2,1-2H3,(H,15,16)/b14-7-. The molecule has 0 aliphatic carbocycles. The number of rotatable bonds is 1. The predicted octanol–water partition coefficient (Wildman–Crippen LogP) is 2.87. The molecule has 0 fully saturated rings. The van der Waals surface area contributed by atoms with Crippen molar-refractivity contribution >= 4 is 12.6 Å². The molecule has 2 aliphatic heterocycles. The van der Waals surface area contributed by atoms with Gasteiger partial charge >= 0.3 is 0 Å². The first-order valence-corrected chi connectivity index (χ1v) is 5.98. The maximum atomic E-state index is 4.51. The first-order valence-electron chi connectivity index (χ1n) is 5.98. The van der Waals surface area contributed by atoms with E-state index in [2.05, 4.69) is 41.9 Å². The van der Waals surface area contributed by atoms with E-state index < -0.39 is 0 Å². The molecule has 0 saturated heterocycles. The van der Waals surface area contributed by atoms with Crippen LogP contribution in [0.4, 0.5) is 0 Å². The Morgan fingerprint density at radius 1 is 1.50 bits per heavy atom. The normalized spacial score (nSPS) is 31.5. The van der Waals surface area contributed by atoms with Gasteiger partial charge in [0.15, 0.2) is 5.82 Å². The SMILES string of the molecule is C=C1NC=NC2=C1CCC(C)C(CC)/C=N\2. The lowest BCUT2D eigenvalue weighted by Crippen LogP contribution is -2.21. The number of nitrogens with zero attached hydrogens (tertiary/aromatic N) is 2. The van der Waals surface area contributed by atoms with Crippen LogP contribution >= 0.6 is 0 Å². The largest absolute Gasteiger partial charge is 0.346 e. The van der Waals surface area contributed by atoms with E-state index in [1.54, 1.807) is 6.34 Å². The first kappa shape index (κ1) is 11.1. The molecule has 0 bridgehead atoms. The van der Waals surface area contributed by atoms with Gasteiger partial charge < -0.3 is 5.32 Å². The summed E-state index contributed by atoms with van der Waals surface area (Å²) in [5, 5.41) is 3.05. The third-order valence-electron chi connectivity index (χ3n) is 3.50. The Labute approximate surface area is 97.1 Å². The van der Waals surface area contributed by atoms with Crippen molar-refractivity contribution in [2.24, 2.45) is 21.8 Å². The molecule has 16 heavy (non-hydrogen) atoms. The second kappa shape index (κ2) is 4.64. The summed E-state index contributed by atoms with van der Waals surface area (Å²) in [5.74, 6) is 2.10. The summed E-state index contributed by atoms with van der Waals surface area (Å²) in [7, 11) is 0. The van der Waals surface area contributed by atoms with Crippen LogP contribution in [0.2, 0.25) is 0 Å². The van der Waals surface area contributed by atoms with E-state index in [-0.39, 0.29) is 0 Å². The molecule has 2 heterocycles. The Kier molecular flexibility index (Phi) is 3.22. The summed E-state index contributed by atoms with van der Waals surface area (Å²) in [5.41, 5.74) is 2.12. The molecule has 2 rings (SSSR count). The van der Waals surface area contributed by atoms with Crippen LogP contribution in [-0.2, 0) is 0 Å². The molecule has 0 aromatic heterocycles. The molecule has 0 spiro atoms. The van der Waals surface area contributed by atoms with Crippen molar-refractivity contribution in [2.45, 2.75) is 33.1 Å². The fraction of sp³-hybridized carbons (Fsp3) is 0.538. The molecule has 0 amide bonds. The van der Waals surface area contributed by atoms with Gasteiger partial charge in [-0.15, -0.1) is 0 Å². The van der Waals surface area contributed by atoms with Crippen LogP contribution in [0.15, 0.2) is 33.7 Å². The molecule has 0 aromatic carbocycles. The maximum absolute atomic E-state index is 4.51. The summed E-state index contributed by atoms with van der Waals surface area (Å²) < 4.78 is 0. The number of allylic oxidation sites excluding steroid dienone is 1. The van der Waals surface area contributed by atoms with Gasteiger partial charge in [0.1, 0.15) is 0 Å². The lowest BCUT2D eigenvalue weighted by Gasteiger charge is -2.24. The molecule has 0 saturated carbocycles. The highest BCUT2D eigenvalue weighted by Crippen LogP contribution is 2.29. The smallest absolute Gasteiger partial charge is 0.158 e. The van der Waals surface area contributed by atoms with Crippen molar-refractivity contribution in [1.82, 2.24) is 5.32 Å². The van der Waals surface area contributed by atoms with Gasteiger partial charge in [-0.3, -0.25) is 0 Å². The third-order valence-corrected chi connectivity index (χ3v) is 3.50. The van der Waals surface area contributed by atoms with Gasteiger partial charge in [0.2, 0.25) is 0 Å². The molecule has 0 radical (unpaired) electrons. The van der Waals surface area contributed by atoms with Crippen molar-refractivity contribution in [2.75, 3.05) is 0 Å². The van der Waals surface area contributed by atoms with Crippen LogP contribution < -0.4 is 5.32 Å². The Morgan fingerprint density at radius 3 is 3.06 bits per heavy atom. The van der Waals surface area contributed by atoms with E-state index in [0.29, 0.717) is 11.8 Å². The van der Waals surface area contributed by atoms with Crippen molar-refractivity contribution in [1.29, 1.82) is 0 Å². The molecule has 2 aliphatic rings. The first-order chi connectivity index (χ1) is 7.72. The quantitative estimate of drug-likeness (QED) is 0.720. The summed E-state index contributed by atoms with van der Waals surface area (Å²) in [4.78, 5) is 8.80. The maximum Gasteiger partial charge on any atom is 0.158 e. The zero-order valence-corrected chi connectivity index (χ0v) is 10.0. The number of hydrogen-bond acceptors (Lipinski definition) is 3. The molecular weight excluding hydrogens is 198 g/mol. The molecule has 0 aromatic rings. The zero-order chi connectivity index (χ0) is 11.5. The van der Waals surface area contributed by atoms with Crippen molar-refractivity contribution in [3.63, 3.8) is 0 Å². The molecule has 2 atom stereocenters. The molecule has 2 unspecified atom stereocenters. The Morgan fingerprint density at radius 2 is 2.31 bits per heavy atom. The average Bonchev–Trinajstić information content (AvgIpc) is 2.26. The number of hydrogen-bond donors (Lipinski definition) is 1. The Hall–Kier alpha value is -1.38. The molecule has 1 N–H and O–H groups in total. The summed E-state index contributed by atoms with van der Waals surface area (Å²) >= 11 is 0. The van der Waals surface area contributed by atoms with Gasteiger partial charge in [-0.1, -0.05) is 20.4 Å². The lowest BCUT2D eigenvalue weighted by atomic mass is 9.86. The van der Waals surface area contributed by atoms with Crippen LogP contribution in [0, 0.1) is 11.8 Å². The monoisotopic (exact) mass is 217 g/mol. The van der Waals surface area contributed by atoms with Gasteiger partial charge in [0.05, 0.1) is 6.34 Å². The summed E-state index contributed by atoms with van der Waals surface area (Å²) in [6, 6.07) is 0. The van der Waals surface area contributed by atoms with E-state index in [9.17, 15) is 0 Å². The van der Waals surface area contributed by atoms with Crippen LogP contribution in [0.5, 0.6) is 0 Å². The van der Waals surface area contributed by atoms with E-state index in [1.165, 1.54) is 12.0 Å². The molecule has 3 nitrogen and oxygen atoms in total. The molecular formula is C13H19N3. The van der Waals surface area contributed by atoms with Gasteiger partial charge in [-0.05, 0) is 31.1 Å². The van der Waals surface area contributed by atoms with Crippen molar-refractivity contribution in [3.8, 4) is 0 Å². The van der Waals surface area contributed by atoms with Crippen molar-refractivity contribution < 1.29 is 0 Å². The fourth-order valence-electron chi connectivity index (χ4n) is 2.25. The lowest BCUT2D eigenvalue weighted by molar-refractivity contribution is 0.416. The van der Waals surface area contributed by atoms with E-state index in [0.717, 1.165) is 24.4 Å². The van der Waals surface area contributed by atoms with Gasteiger partial charge in [0.25, 0.3) is 0 Å².